The van der Waals surface area contributed by atoms with Crippen LogP contribution in [0.4, 0.5) is 0 Å². The van der Waals surface area contributed by atoms with E-state index in [0.717, 1.165) is 10.8 Å². The summed E-state index contributed by atoms with van der Waals surface area (Å²) in [5, 5.41) is 7.61. The van der Waals surface area contributed by atoms with Gasteiger partial charge in [0.05, 0.1) is 0 Å². The van der Waals surface area contributed by atoms with Gasteiger partial charge in [0.1, 0.15) is 12.4 Å². The second-order valence-corrected chi connectivity index (χ2v) is 2.60. The van der Waals surface area contributed by atoms with Crippen LogP contribution in [0.3, 0.4) is 0 Å². The number of carboxylic acid groups (broad SMARTS) is 1. The molecule has 0 bridgehead atoms. The smallest absolute Gasteiger partial charge is 0.290 e. The van der Waals surface area contributed by atoms with Crippen molar-refractivity contribution in [3.8, 4) is 5.75 Å². The van der Waals surface area contributed by atoms with Crippen molar-refractivity contribution in [1.29, 1.82) is 0 Å². The van der Waals surface area contributed by atoms with Gasteiger partial charge in [-0.25, -0.2) is 0 Å². The summed E-state index contributed by atoms with van der Waals surface area (Å²) in [6.45, 7) is 3.82. The monoisotopic (exact) mass is 214 g/mol. The summed E-state index contributed by atoms with van der Waals surface area (Å²) in [5.74, 6) is 0.814. The number of benzene rings is 1. The standard InChI is InChI=1S/C9H9ClO.CH2O2/c1-2-7-11-9-5-3-8(10)4-6-9;2-1-3/h2-6H,1,7H2;1H,(H,2,3). The lowest BCUT2D eigenvalue weighted by atomic mass is 10.3. The van der Waals surface area contributed by atoms with E-state index in [2.05, 4.69) is 6.58 Å². The van der Waals surface area contributed by atoms with Gasteiger partial charge in [-0.1, -0.05) is 24.3 Å². The van der Waals surface area contributed by atoms with Crippen LogP contribution in [0.2, 0.25) is 5.02 Å². The zero-order valence-corrected chi connectivity index (χ0v) is 8.28. The Balaban J connectivity index is 0.000000500. The van der Waals surface area contributed by atoms with Gasteiger partial charge in [0, 0.05) is 5.02 Å². The largest absolute Gasteiger partial charge is 0.490 e. The van der Waals surface area contributed by atoms with Gasteiger partial charge in [-0.05, 0) is 24.3 Å². The average molecular weight is 215 g/mol. The molecule has 0 radical (unpaired) electrons. The van der Waals surface area contributed by atoms with E-state index in [1.807, 2.05) is 12.1 Å². The van der Waals surface area contributed by atoms with Crippen LogP contribution in [0.15, 0.2) is 36.9 Å². The molecule has 0 aromatic heterocycles. The zero-order valence-electron chi connectivity index (χ0n) is 7.52. The van der Waals surface area contributed by atoms with Crippen molar-refractivity contribution < 1.29 is 14.6 Å². The Bertz CT molecular complexity index is 269. The number of hydrogen-bond donors (Lipinski definition) is 1. The van der Waals surface area contributed by atoms with Crippen molar-refractivity contribution in [1.82, 2.24) is 0 Å². The minimum Gasteiger partial charge on any atom is -0.490 e. The summed E-state index contributed by atoms with van der Waals surface area (Å²) < 4.78 is 5.23. The fraction of sp³-hybridized carbons (Fsp3) is 0.100. The minimum absolute atomic E-state index is 0.250. The molecular weight excluding hydrogens is 204 g/mol. The fourth-order valence-electron chi connectivity index (χ4n) is 0.686. The SMILES string of the molecule is C=CCOc1ccc(Cl)cc1.O=CO. The highest BCUT2D eigenvalue weighted by Gasteiger charge is 1.89. The van der Waals surface area contributed by atoms with E-state index in [9.17, 15) is 0 Å². The Morgan fingerprint density at radius 2 is 1.93 bits per heavy atom. The first kappa shape index (κ1) is 12.5. The van der Waals surface area contributed by atoms with Crippen LogP contribution in [0.25, 0.3) is 0 Å². The van der Waals surface area contributed by atoms with Crippen molar-refractivity contribution in [2.75, 3.05) is 6.61 Å². The molecule has 0 unspecified atom stereocenters. The number of halogens is 1. The fourth-order valence-corrected chi connectivity index (χ4v) is 0.812. The number of rotatable bonds is 3. The maximum Gasteiger partial charge on any atom is 0.290 e. The Morgan fingerprint density at radius 3 is 2.36 bits per heavy atom. The molecule has 0 aliphatic carbocycles. The predicted molar refractivity (Wildman–Crippen MR) is 55.8 cm³/mol. The molecule has 0 aliphatic heterocycles. The third kappa shape index (κ3) is 6.08. The summed E-state index contributed by atoms with van der Waals surface area (Å²) >= 11 is 5.67. The van der Waals surface area contributed by atoms with Crippen LogP contribution < -0.4 is 4.74 Å². The van der Waals surface area contributed by atoms with Gasteiger partial charge in [0.2, 0.25) is 0 Å². The highest BCUT2D eigenvalue weighted by molar-refractivity contribution is 6.30. The number of ether oxygens (including phenoxy) is 1. The van der Waals surface area contributed by atoms with E-state index in [1.54, 1.807) is 18.2 Å². The lowest BCUT2D eigenvalue weighted by Gasteiger charge is -2.01. The third-order valence-corrected chi connectivity index (χ3v) is 1.43. The molecule has 1 rings (SSSR count). The van der Waals surface area contributed by atoms with Gasteiger partial charge in [-0.15, -0.1) is 0 Å². The van der Waals surface area contributed by atoms with Crippen molar-refractivity contribution in [3.05, 3.63) is 41.9 Å². The lowest BCUT2D eigenvalue weighted by Crippen LogP contribution is -1.91. The molecule has 0 saturated carbocycles. The summed E-state index contributed by atoms with van der Waals surface area (Å²) in [5.41, 5.74) is 0. The first-order valence-electron chi connectivity index (χ1n) is 3.81. The van der Waals surface area contributed by atoms with Gasteiger partial charge in [0.15, 0.2) is 0 Å². The van der Waals surface area contributed by atoms with Gasteiger partial charge in [-0.3, -0.25) is 4.79 Å². The first-order chi connectivity index (χ1) is 6.74. The van der Waals surface area contributed by atoms with E-state index in [4.69, 9.17) is 26.2 Å². The molecule has 4 heteroatoms. The summed E-state index contributed by atoms with van der Waals surface area (Å²) in [6, 6.07) is 7.23. The van der Waals surface area contributed by atoms with Crippen LogP contribution in [0, 0.1) is 0 Å². The summed E-state index contributed by atoms with van der Waals surface area (Å²) in [6.07, 6.45) is 1.70. The Hall–Kier alpha value is -1.48. The van der Waals surface area contributed by atoms with E-state index < -0.39 is 0 Å². The first-order valence-corrected chi connectivity index (χ1v) is 4.19. The summed E-state index contributed by atoms with van der Waals surface area (Å²) in [7, 11) is 0. The molecule has 14 heavy (non-hydrogen) atoms. The molecule has 0 aliphatic rings. The molecule has 1 aromatic carbocycles. The number of carbonyl (C=O) groups is 1. The molecule has 0 fully saturated rings. The molecule has 0 saturated heterocycles. The molecule has 0 heterocycles. The normalized spacial score (nSPS) is 8.07. The Kier molecular flexibility index (Phi) is 7.27. The number of hydrogen-bond acceptors (Lipinski definition) is 2. The third-order valence-electron chi connectivity index (χ3n) is 1.18. The van der Waals surface area contributed by atoms with Crippen molar-refractivity contribution in [2.45, 2.75) is 0 Å². The predicted octanol–water partition coefficient (Wildman–Crippen LogP) is 2.61. The highest BCUT2D eigenvalue weighted by atomic mass is 35.5. The van der Waals surface area contributed by atoms with Crippen LogP contribution in [0.5, 0.6) is 5.75 Å². The van der Waals surface area contributed by atoms with Crippen LogP contribution in [-0.4, -0.2) is 18.2 Å². The van der Waals surface area contributed by atoms with E-state index in [0.29, 0.717) is 6.61 Å². The molecular formula is C10H11ClO3. The molecule has 76 valence electrons. The molecule has 1 aromatic rings. The van der Waals surface area contributed by atoms with Crippen molar-refractivity contribution >= 4 is 18.1 Å². The highest BCUT2D eigenvalue weighted by Crippen LogP contribution is 2.15. The second-order valence-electron chi connectivity index (χ2n) is 2.16. The lowest BCUT2D eigenvalue weighted by molar-refractivity contribution is -0.122. The van der Waals surface area contributed by atoms with Gasteiger partial charge in [-0.2, -0.15) is 0 Å². The Morgan fingerprint density at radius 1 is 1.43 bits per heavy atom. The van der Waals surface area contributed by atoms with Gasteiger partial charge < -0.3 is 9.84 Å². The van der Waals surface area contributed by atoms with Crippen LogP contribution in [0.1, 0.15) is 0 Å². The minimum atomic E-state index is -0.250. The summed E-state index contributed by atoms with van der Waals surface area (Å²) in [4.78, 5) is 8.36. The molecule has 0 amide bonds. The van der Waals surface area contributed by atoms with Gasteiger partial charge in [0.25, 0.3) is 6.47 Å². The van der Waals surface area contributed by atoms with Crippen molar-refractivity contribution in [3.63, 3.8) is 0 Å². The molecule has 1 N–H and O–H groups in total. The molecule has 0 atom stereocenters. The molecule has 3 nitrogen and oxygen atoms in total. The van der Waals surface area contributed by atoms with Crippen LogP contribution >= 0.6 is 11.6 Å². The zero-order chi connectivity index (χ0) is 10.8. The van der Waals surface area contributed by atoms with Crippen LogP contribution in [-0.2, 0) is 4.79 Å². The quantitative estimate of drug-likeness (QED) is 0.622. The maximum absolute atomic E-state index is 8.36. The topological polar surface area (TPSA) is 46.5 Å². The molecule has 0 spiro atoms. The average Bonchev–Trinajstić information content (AvgIpc) is 2.18. The van der Waals surface area contributed by atoms with E-state index >= 15 is 0 Å². The van der Waals surface area contributed by atoms with E-state index in [1.165, 1.54) is 0 Å². The van der Waals surface area contributed by atoms with Gasteiger partial charge >= 0.3 is 0 Å². The van der Waals surface area contributed by atoms with Crippen molar-refractivity contribution in [2.24, 2.45) is 0 Å². The maximum atomic E-state index is 8.36. The second kappa shape index (κ2) is 8.13. The van der Waals surface area contributed by atoms with E-state index in [-0.39, 0.29) is 6.47 Å². The Labute approximate surface area is 87.6 Å².